The van der Waals surface area contributed by atoms with E-state index in [1.54, 1.807) is 19.1 Å². The minimum atomic E-state index is -3.64. The molecule has 0 unspecified atom stereocenters. The minimum Gasteiger partial charge on any atom is -0.370 e. The van der Waals surface area contributed by atoms with Gasteiger partial charge in [-0.25, -0.2) is 8.42 Å². The SMILES string of the molecule is Cc1ccc(S(=O)(=O)N2CCCCC2)cc1C(=O)Nc1ccccc1N1CCC(C(N)=O)CC1. The Morgan fingerprint density at radius 2 is 1.65 bits per heavy atom. The van der Waals surface area contributed by atoms with Crippen molar-refractivity contribution in [3.8, 4) is 0 Å². The molecule has 2 aliphatic rings. The fraction of sp³-hybridized carbons (Fsp3) is 0.440. The molecule has 0 aromatic heterocycles. The van der Waals surface area contributed by atoms with Crippen LogP contribution in [0.5, 0.6) is 0 Å². The van der Waals surface area contributed by atoms with Gasteiger partial charge in [0.15, 0.2) is 0 Å². The zero-order valence-corrected chi connectivity index (χ0v) is 20.3. The molecule has 9 heteroatoms. The summed E-state index contributed by atoms with van der Waals surface area (Å²) in [6, 6.07) is 12.3. The first-order chi connectivity index (χ1) is 16.3. The highest BCUT2D eigenvalue weighted by Gasteiger charge is 2.28. The van der Waals surface area contributed by atoms with E-state index >= 15 is 0 Å². The second-order valence-corrected chi connectivity index (χ2v) is 11.0. The van der Waals surface area contributed by atoms with Crippen LogP contribution in [0.4, 0.5) is 11.4 Å². The van der Waals surface area contributed by atoms with Crippen molar-refractivity contribution in [2.75, 3.05) is 36.4 Å². The Hall–Kier alpha value is -2.91. The normalized spacial score (nSPS) is 18.0. The molecule has 0 spiro atoms. The molecule has 34 heavy (non-hydrogen) atoms. The summed E-state index contributed by atoms with van der Waals surface area (Å²) < 4.78 is 27.8. The monoisotopic (exact) mass is 484 g/mol. The number of carbonyl (C=O) groups is 2. The van der Waals surface area contributed by atoms with Crippen molar-refractivity contribution < 1.29 is 18.0 Å². The highest BCUT2D eigenvalue weighted by Crippen LogP contribution is 2.31. The van der Waals surface area contributed by atoms with Gasteiger partial charge in [-0.15, -0.1) is 0 Å². The van der Waals surface area contributed by atoms with Crippen LogP contribution < -0.4 is 16.0 Å². The number of amides is 2. The van der Waals surface area contributed by atoms with E-state index in [-0.39, 0.29) is 22.6 Å². The summed E-state index contributed by atoms with van der Waals surface area (Å²) in [6.45, 7) is 4.16. The van der Waals surface area contributed by atoms with E-state index in [0.29, 0.717) is 55.8 Å². The van der Waals surface area contributed by atoms with Crippen molar-refractivity contribution in [2.24, 2.45) is 11.7 Å². The first-order valence-corrected chi connectivity index (χ1v) is 13.3. The summed E-state index contributed by atoms with van der Waals surface area (Å²) in [6.07, 6.45) is 4.09. The predicted molar refractivity (Wildman–Crippen MR) is 132 cm³/mol. The minimum absolute atomic E-state index is 0.120. The molecule has 8 nitrogen and oxygen atoms in total. The van der Waals surface area contributed by atoms with E-state index in [4.69, 9.17) is 5.73 Å². The lowest BCUT2D eigenvalue weighted by atomic mass is 9.96. The Bertz CT molecular complexity index is 1170. The number of hydrogen-bond acceptors (Lipinski definition) is 5. The summed E-state index contributed by atoms with van der Waals surface area (Å²) in [5, 5.41) is 2.98. The van der Waals surface area contributed by atoms with Crippen LogP contribution in [0.25, 0.3) is 0 Å². The summed E-state index contributed by atoms with van der Waals surface area (Å²) in [5.41, 5.74) is 8.01. The molecule has 2 saturated heterocycles. The van der Waals surface area contributed by atoms with Crippen molar-refractivity contribution >= 4 is 33.2 Å². The van der Waals surface area contributed by atoms with E-state index in [9.17, 15) is 18.0 Å². The standard InChI is InChI=1S/C25H32N4O4S/c1-18-9-10-20(34(32,33)29-13-5-2-6-14-29)17-21(18)25(31)27-22-7-3-4-8-23(22)28-15-11-19(12-16-28)24(26)30/h3-4,7-10,17,19H,2,5-6,11-16H2,1H3,(H2,26,30)(H,27,31). The molecule has 182 valence electrons. The number of primary amides is 1. The molecule has 2 amide bonds. The van der Waals surface area contributed by atoms with Crippen LogP contribution in [0.15, 0.2) is 47.4 Å². The third-order valence-corrected chi connectivity index (χ3v) is 8.69. The summed E-state index contributed by atoms with van der Waals surface area (Å²) in [7, 11) is -3.64. The Kier molecular flexibility index (Phi) is 7.23. The van der Waals surface area contributed by atoms with Crippen molar-refractivity contribution in [3.63, 3.8) is 0 Å². The summed E-state index contributed by atoms with van der Waals surface area (Å²) >= 11 is 0. The van der Waals surface area contributed by atoms with E-state index in [1.807, 2.05) is 24.3 Å². The van der Waals surface area contributed by atoms with Crippen LogP contribution in [-0.4, -0.2) is 50.7 Å². The van der Waals surface area contributed by atoms with Gasteiger partial charge in [0.05, 0.1) is 16.3 Å². The molecule has 2 heterocycles. The molecule has 0 atom stereocenters. The molecule has 2 aromatic rings. The number of nitrogens with one attached hydrogen (secondary N) is 1. The maximum Gasteiger partial charge on any atom is 0.256 e. The van der Waals surface area contributed by atoms with Crippen molar-refractivity contribution in [1.82, 2.24) is 4.31 Å². The number of sulfonamides is 1. The van der Waals surface area contributed by atoms with Gasteiger partial charge < -0.3 is 16.0 Å². The van der Waals surface area contributed by atoms with Crippen LogP contribution >= 0.6 is 0 Å². The van der Waals surface area contributed by atoms with Gasteiger partial charge in [-0.05, 0) is 62.4 Å². The topological polar surface area (TPSA) is 113 Å². The average Bonchev–Trinajstić information content (AvgIpc) is 2.85. The Morgan fingerprint density at radius 1 is 0.971 bits per heavy atom. The molecule has 0 saturated carbocycles. The first kappa shape index (κ1) is 24.2. The van der Waals surface area contributed by atoms with Crippen molar-refractivity contribution in [2.45, 2.75) is 43.9 Å². The lowest BCUT2D eigenvalue weighted by molar-refractivity contribution is -0.122. The molecule has 4 rings (SSSR count). The van der Waals surface area contributed by atoms with Crippen molar-refractivity contribution in [1.29, 1.82) is 0 Å². The highest BCUT2D eigenvalue weighted by atomic mass is 32.2. The van der Waals surface area contributed by atoms with E-state index < -0.39 is 10.0 Å². The number of rotatable bonds is 6. The third kappa shape index (κ3) is 5.10. The number of anilines is 2. The predicted octanol–water partition coefficient (Wildman–Crippen LogP) is 3.12. The lowest BCUT2D eigenvalue weighted by Gasteiger charge is -2.33. The molecular weight excluding hydrogens is 452 g/mol. The number of nitrogens with zero attached hydrogens (tertiary/aromatic N) is 2. The number of aryl methyl sites for hydroxylation is 1. The Morgan fingerprint density at radius 3 is 2.32 bits per heavy atom. The van der Waals surface area contributed by atoms with Crippen LogP contribution in [0.2, 0.25) is 0 Å². The van der Waals surface area contributed by atoms with Gasteiger partial charge in [-0.3, -0.25) is 9.59 Å². The molecule has 2 fully saturated rings. The number of carbonyl (C=O) groups excluding carboxylic acids is 2. The summed E-state index contributed by atoms with van der Waals surface area (Å²) in [5.74, 6) is -0.742. The van der Waals surface area contributed by atoms with Crippen LogP contribution in [0.1, 0.15) is 48.0 Å². The highest BCUT2D eigenvalue weighted by molar-refractivity contribution is 7.89. The van der Waals surface area contributed by atoms with E-state index in [2.05, 4.69) is 10.2 Å². The van der Waals surface area contributed by atoms with Gasteiger partial charge in [0.25, 0.3) is 5.91 Å². The molecule has 3 N–H and O–H groups in total. The lowest BCUT2D eigenvalue weighted by Crippen LogP contribution is -2.38. The van der Waals surface area contributed by atoms with Crippen molar-refractivity contribution in [3.05, 3.63) is 53.6 Å². The zero-order chi connectivity index (χ0) is 24.3. The second-order valence-electron chi connectivity index (χ2n) is 9.08. The quantitative estimate of drug-likeness (QED) is 0.654. The molecule has 2 aliphatic heterocycles. The fourth-order valence-electron chi connectivity index (χ4n) is 4.71. The van der Waals surface area contributed by atoms with Gasteiger partial charge in [0.1, 0.15) is 0 Å². The maximum atomic E-state index is 13.3. The van der Waals surface area contributed by atoms with Crippen LogP contribution in [0, 0.1) is 12.8 Å². The van der Waals surface area contributed by atoms with E-state index in [0.717, 1.165) is 24.9 Å². The summed E-state index contributed by atoms with van der Waals surface area (Å²) in [4.78, 5) is 27.0. The van der Waals surface area contributed by atoms with Gasteiger partial charge in [-0.1, -0.05) is 24.6 Å². The Labute approximate surface area is 201 Å². The molecule has 0 radical (unpaired) electrons. The van der Waals surface area contributed by atoms with Gasteiger partial charge in [0, 0.05) is 37.7 Å². The number of para-hydroxylation sites is 2. The fourth-order valence-corrected chi connectivity index (χ4v) is 6.25. The smallest absolute Gasteiger partial charge is 0.256 e. The van der Waals surface area contributed by atoms with Gasteiger partial charge in [0.2, 0.25) is 15.9 Å². The van der Waals surface area contributed by atoms with Crippen LogP contribution in [0.3, 0.4) is 0 Å². The number of benzene rings is 2. The molecule has 0 aliphatic carbocycles. The van der Waals surface area contributed by atoms with E-state index in [1.165, 1.54) is 10.4 Å². The largest absolute Gasteiger partial charge is 0.370 e. The van der Waals surface area contributed by atoms with Gasteiger partial charge in [-0.2, -0.15) is 4.31 Å². The molecular formula is C25H32N4O4S. The van der Waals surface area contributed by atoms with Crippen LogP contribution in [-0.2, 0) is 14.8 Å². The molecule has 2 aromatic carbocycles. The van der Waals surface area contributed by atoms with Gasteiger partial charge >= 0.3 is 0 Å². The molecule has 0 bridgehead atoms. The Balaban J connectivity index is 1.55. The third-order valence-electron chi connectivity index (χ3n) is 6.80. The second kappa shape index (κ2) is 10.1. The zero-order valence-electron chi connectivity index (χ0n) is 19.5. The first-order valence-electron chi connectivity index (χ1n) is 11.8. The number of piperidine rings is 2. The average molecular weight is 485 g/mol. The maximum absolute atomic E-state index is 13.3. The number of nitrogens with two attached hydrogens (primary N) is 1. The number of hydrogen-bond donors (Lipinski definition) is 2.